The highest BCUT2D eigenvalue weighted by molar-refractivity contribution is 5.24. The Bertz CT molecular complexity index is 313. The molecule has 2 N–H and O–H groups in total. The molecule has 0 aromatic carbocycles. The Labute approximate surface area is 98.0 Å². The van der Waals surface area contributed by atoms with E-state index < -0.39 is 0 Å². The topological polar surface area (TPSA) is 48.1 Å². The highest BCUT2D eigenvalue weighted by atomic mass is 16.5. The third kappa shape index (κ3) is 4.62. The van der Waals surface area contributed by atoms with Crippen molar-refractivity contribution in [2.75, 3.05) is 6.61 Å². The van der Waals surface area contributed by atoms with Crippen LogP contribution in [0, 0.1) is 6.92 Å². The lowest BCUT2D eigenvalue weighted by Crippen LogP contribution is -2.03. The van der Waals surface area contributed by atoms with Crippen LogP contribution in [-0.2, 0) is 6.54 Å². The third-order valence-corrected chi connectivity index (χ3v) is 2.47. The van der Waals surface area contributed by atoms with E-state index in [1.54, 1.807) is 0 Å². The molecule has 16 heavy (non-hydrogen) atoms. The number of nitrogens with zero attached hydrogens (tertiary/aromatic N) is 1. The Morgan fingerprint density at radius 1 is 1.25 bits per heavy atom. The SMILES string of the molecule is CCCCCCOc1cc(CN)cc(C)n1. The number of rotatable bonds is 7. The number of aryl methyl sites for hydroxylation is 1. The van der Waals surface area contributed by atoms with Crippen LogP contribution in [0.3, 0.4) is 0 Å². The summed E-state index contributed by atoms with van der Waals surface area (Å²) < 4.78 is 5.61. The first-order chi connectivity index (χ1) is 7.76. The standard InChI is InChI=1S/C13H22N2O/c1-3-4-5-6-7-16-13-9-12(10-14)8-11(2)15-13/h8-9H,3-7,10,14H2,1-2H3. The molecule has 0 fully saturated rings. The maximum atomic E-state index is 5.61. The van der Waals surface area contributed by atoms with Crippen molar-refractivity contribution in [3.8, 4) is 5.88 Å². The van der Waals surface area contributed by atoms with Gasteiger partial charge in [0.05, 0.1) is 6.61 Å². The summed E-state index contributed by atoms with van der Waals surface area (Å²) in [4.78, 5) is 4.32. The number of pyridine rings is 1. The minimum absolute atomic E-state index is 0.537. The fraction of sp³-hybridized carbons (Fsp3) is 0.615. The Morgan fingerprint density at radius 2 is 2.06 bits per heavy atom. The van der Waals surface area contributed by atoms with Crippen molar-refractivity contribution in [2.24, 2.45) is 5.73 Å². The van der Waals surface area contributed by atoms with Crippen molar-refractivity contribution in [3.63, 3.8) is 0 Å². The molecule has 1 rings (SSSR count). The summed E-state index contributed by atoms with van der Waals surface area (Å²) in [6.07, 6.45) is 4.85. The maximum absolute atomic E-state index is 5.61. The molecule has 0 unspecified atom stereocenters. The Hall–Kier alpha value is -1.09. The normalized spacial score (nSPS) is 10.4. The number of hydrogen-bond donors (Lipinski definition) is 1. The van der Waals surface area contributed by atoms with Crippen molar-refractivity contribution in [3.05, 3.63) is 23.4 Å². The van der Waals surface area contributed by atoms with Crippen molar-refractivity contribution in [2.45, 2.75) is 46.1 Å². The van der Waals surface area contributed by atoms with Crippen LogP contribution in [0.15, 0.2) is 12.1 Å². The van der Waals surface area contributed by atoms with Crippen LogP contribution >= 0.6 is 0 Å². The Kier molecular flexibility index (Phi) is 5.86. The smallest absolute Gasteiger partial charge is 0.213 e. The largest absolute Gasteiger partial charge is 0.478 e. The van der Waals surface area contributed by atoms with E-state index >= 15 is 0 Å². The van der Waals surface area contributed by atoms with Gasteiger partial charge in [-0.05, 0) is 25.0 Å². The zero-order valence-electron chi connectivity index (χ0n) is 10.3. The first-order valence-electron chi connectivity index (χ1n) is 6.06. The van der Waals surface area contributed by atoms with E-state index in [0.29, 0.717) is 12.4 Å². The molecule has 1 aromatic heterocycles. The molecule has 90 valence electrons. The second kappa shape index (κ2) is 7.23. The van der Waals surface area contributed by atoms with E-state index in [0.717, 1.165) is 24.3 Å². The first kappa shape index (κ1) is 13.0. The molecule has 0 amide bonds. The number of hydrogen-bond acceptors (Lipinski definition) is 3. The van der Waals surface area contributed by atoms with Crippen LogP contribution in [0.1, 0.15) is 43.9 Å². The number of unbranched alkanes of at least 4 members (excludes halogenated alkanes) is 3. The lowest BCUT2D eigenvalue weighted by atomic mass is 10.2. The fourth-order valence-corrected chi connectivity index (χ4v) is 1.60. The number of nitrogens with two attached hydrogens (primary N) is 1. The van der Waals surface area contributed by atoms with Gasteiger partial charge in [0.2, 0.25) is 5.88 Å². The van der Waals surface area contributed by atoms with Gasteiger partial charge in [0.1, 0.15) is 0 Å². The zero-order chi connectivity index (χ0) is 11.8. The summed E-state index contributed by atoms with van der Waals surface area (Å²) in [5.41, 5.74) is 7.64. The number of aromatic nitrogens is 1. The molecule has 1 heterocycles. The van der Waals surface area contributed by atoms with Crippen LogP contribution in [0.25, 0.3) is 0 Å². The van der Waals surface area contributed by atoms with E-state index in [2.05, 4.69) is 11.9 Å². The van der Waals surface area contributed by atoms with Gasteiger partial charge in [-0.2, -0.15) is 0 Å². The molecule has 0 aliphatic rings. The summed E-state index contributed by atoms with van der Waals surface area (Å²) in [5.74, 6) is 0.706. The molecule has 3 nitrogen and oxygen atoms in total. The predicted octanol–water partition coefficient (Wildman–Crippen LogP) is 2.81. The highest BCUT2D eigenvalue weighted by Crippen LogP contribution is 2.12. The molecular weight excluding hydrogens is 200 g/mol. The second-order valence-corrected chi connectivity index (χ2v) is 4.07. The molecule has 0 radical (unpaired) electrons. The summed E-state index contributed by atoms with van der Waals surface area (Å²) in [7, 11) is 0. The van der Waals surface area contributed by atoms with Crippen LogP contribution in [0.5, 0.6) is 5.88 Å². The average Bonchev–Trinajstić information content (AvgIpc) is 2.28. The fourth-order valence-electron chi connectivity index (χ4n) is 1.60. The van der Waals surface area contributed by atoms with Gasteiger partial charge in [0.25, 0.3) is 0 Å². The van der Waals surface area contributed by atoms with E-state index in [1.807, 2.05) is 19.1 Å². The molecule has 0 saturated carbocycles. The minimum Gasteiger partial charge on any atom is -0.478 e. The molecule has 0 spiro atoms. The van der Waals surface area contributed by atoms with Gasteiger partial charge in [0, 0.05) is 18.3 Å². The van der Waals surface area contributed by atoms with E-state index in [9.17, 15) is 0 Å². The van der Waals surface area contributed by atoms with E-state index in [-0.39, 0.29) is 0 Å². The van der Waals surface area contributed by atoms with Crippen molar-refractivity contribution in [1.29, 1.82) is 0 Å². The van der Waals surface area contributed by atoms with E-state index in [4.69, 9.17) is 10.5 Å². The van der Waals surface area contributed by atoms with Crippen LogP contribution in [0.2, 0.25) is 0 Å². The predicted molar refractivity (Wildman–Crippen MR) is 66.5 cm³/mol. The second-order valence-electron chi connectivity index (χ2n) is 4.07. The molecular formula is C13H22N2O. The van der Waals surface area contributed by atoms with E-state index in [1.165, 1.54) is 19.3 Å². The molecule has 0 bridgehead atoms. The summed E-state index contributed by atoms with van der Waals surface area (Å²) in [6, 6.07) is 3.91. The van der Waals surface area contributed by atoms with Crippen molar-refractivity contribution >= 4 is 0 Å². The van der Waals surface area contributed by atoms with Gasteiger partial charge in [-0.1, -0.05) is 26.2 Å². The molecule has 3 heteroatoms. The average molecular weight is 222 g/mol. The van der Waals surface area contributed by atoms with Crippen LogP contribution in [0.4, 0.5) is 0 Å². The molecule has 0 atom stereocenters. The molecule has 0 saturated heterocycles. The van der Waals surface area contributed by atoms with Crippen molar-refractivity contribution < 1.29 is 4.74 Å². The van der Waals surface area contributed by atoms with Crippen LogP contribution < -0.4 is 10.5 Å². The maximum Gasteiger partial charge on any atom is 0.213 e. The summed E-state index contributed by atoms with van der Waals surface area (Å²) in [6.45, 7) is 5.45. The van der Waals surface area contributed by atoms with Gasteiger partial charge in [-0.3, -0.25) is 0 Å². The van der Waals surface area contributed by atoms with Gasteiger partial charge in [-0.15, -0.1) is 0 Å². The third-order valence-electron chi connectivity index (χ3n) is 2.47. The Morgan fingerprint density at radius 3 is 2.75 bits per heavy atom. The van der Waals surface area contributed by atoms with Gasteiger partial charge < -0.3 is 10.5 Å². The number of ether oxygens (including phenoxy) is 1. The van der Waals surface area contributed by atoms with Gasteiger partial charge in [-0.25, -0.2) is 4.98 Å². The van der Waals surface area contributed by atoms with Gasteiger partial charge >= 0.3 is 0 Å². The van der Waals surface area contributed by atoms with Crippen molar-refractivity contribution in [1.82, 2.24) is 4.98 Å². The van der Waals surface area contributed by atoms with Crippen LogP contribution in [-0.4, -0.2) is 11.6 Å². The molecule has 1 aromatic rings. The summed E-state index contributed by atoms with van der Waals surface area (Å²) >= 11 is 0. The molecule has 0 aliphatic carbocycles. The minimum atomic E-state index is 0.537. The zero-order valence-corrected chi connectivity index (χ0v) is 10.3. The lowest BCUT2D eigenvalue weighted by Gasteiger charge is -2.07. The quantitative estimate of drug-likeness (QED) is 0.722. The Balaban J connectivity index is 2.38. The molecule has 0 aliphatic heterocycles. The lowest BCUT2D eigenvalue weighted by molar-refractivity contribution is 0.293. The van der Waals surface area contributed by atoms with Gasteiger partial charge in [0.15, 0.2) is 0 Å². The highest BCUT2D eigenvalue weighted by Gasteiger charge is 2.00. The first-order valence-corrected chi connectivity index (χ1v) is 6.06. The monoisotopic (exact) mass is 222 g/mol. The summed E-state index contributed by atoms with van der Waals surface area (Å²) in [5, 5.41) is 0.